The molecule has 0 spiro atoms. The molecular formula is C28H36NO9S+. The van der Waals surface area contributed by atoms with Gasteiger partial charge in [-0.3, -0.25) is 14.5 Å². The van der Waals surface area contributed by atoms with Crippen LogP contribution >= 0.6 is 11.3 Å². The van der Waals surface area contributed by atoms with Crippen LogP contribution in [0, 0.1) is 0 Å². The summed E-state index contributed by atoms with van der Waals surface area (Å²) in [5.41, 5.74) is 0.965. The lowest BCUT2D eigenvalue weighted by Crippen LogP contribution is -2.36. The highest BCUT2D eigenvalue weighted by atomic mass is 32.1. The summed E-state index contributed by atoms with van der Waals surface area (Å²) in [4.78, 5) is 26.9. The highest BCUT2D eigenvalue weighted by Gasteiger charge is 2.24. The Morgan fingerprint density at radius 1 is 1.03 bits per heavy atom. The summed E-state index contributed by atoms with van der Waals surface area (Å²) in [6.07, 6.45) is 1.72. The van der Waals surface area contributed by atoms with E-state index in [1.54, 1.807) is 20.8 Å². The van der Waals surface area contributed by atoms with E-state index in [4.69, 9.17) is 33.5 Å². The molecule has 3 heterocycles. The molecule has 39 heavy (non-hydrogen) atoms. The second-order valence-electron chi connectivity index (χ2n) is 10.1. The number of carbonyl (C=O) groups is 2. The van der Waals surface area contributed by atoms with Gasteiger partial charge in [0.2, 0.25) is 6.79 Å². The summed E-state index contributed by atoms with van der Waals surface area (Å²) >= 11 is 1.38. The van der Waals surface area contributed by atoms with E-state index in [-0.39, 0.29) is 19.6 Å². The van der Waals surface area contributed by atoms with Crippen LogP contribution in [0.5, 0.6) is 17.2 Å². The first-order valence-electron chi connectivity index (χ1n) is 12.9. The normalized spacial score (nSPS) is 16.0. The van der Waals surface area contributed by atoms with Crippen LogP contribution in [0.4, 0.5) is 0 Å². The van der Waals surface area contributed by atoms with E-state index in [0.717, 1.165) is 24.2 Å². The van der Waals surface area contributed by atoms with Gasteiger partial charge < -0.3 is 33.5 Å². The zero-order valence-electron chi connectivity index (χ0n) is 22.6. The number of hydrogen-bond donors (Lipinski definition) is 0. The van der Waals surface area contributed by atoms with Crippen LogP contribution in [-0.2, 0) is 28.5 Å². The van der Waals surface area contributed by atoms with Gasteiger partial charge in [0, 0.05) is 25.0 Å². The predicted octanol–water partition coefficient (Wildman–Crippen LogP) is 3.94. The van der Waals surface area contributed by atoms with Crippen LogP contribution in [0.1, 0.15) is 38.5 Å². The second-order valence-corrected chi connectivity index (χ2v) is 10.9. The first kappa shape index (κ1) is 28.7. The molecule has 212 valence electrons. The molecule has 2 aromatic rings. The van der Waals surface area contributed by atoms with Crippen LogP contribution in [0.2, 0.25) is 0 Å². The molecular weight excluding hydrogens is 526 g/mol. The highest BCUT2D eigenvalue weighted by molar-refractivity contribution is 7.12. The number of thiophene rings is 1. The standard InChI is InChI=1S/C28H35NO9S/c1-28(2,3)38-25(31)7-6-24(30)37-18-36-22(8-9-29-10-12-33-13-11-29)27-26(32)20(17-39-27)19-4-5-21-23(16-19)35-15-14-34-21/h4-5,8,16-17,32H,6-7,9-15,18H2,1-3H3/p+1/b22-8+. The van der Waals surface area contributed by atoms with E-state index in [2.05, 4.69) is 4.90 Å². The number of morpholine rings is 1. The first-order chi connectivity index (χ1) is 18.7. The molecule has 4 rings (SSSR count). The lowest BCUT2D eigenvalue weighted by molar-refractivity contribution is -0.160. The van der Waals surface area contributed by atoms with Crippen LogP contribution in [0.3, 0.4) is 0 Å². The number of benzene rings is 1. The van der Waals surface area contributed by atoms with Crippen LogP contribution in [0.15, 0.2) is 29.7 Å². The molecule has 0 amide bonds. The Labute approximate surface area is 232 Å². The number of nitrogens with zero attached hydrogens (tertiary/aromatic N) is 1. The molecule has 0 unspecified atom stereocenters. The van der Waals surface area contributed by atoms with Gasteiger partial charge in [0.15, 0.2) is 16.4 Å². The molecule has 0 atom stereocenters. The zero-order chi connectivity index (χ0) is 27.8. The Kier molecular flexibility index (Phi) is 9.71. The van der Waals surface area contributed by atoms with Crippen LogP contribution in [0.25, 0.3) is 16.9 Å². The van der Waals surface area contributed by atoms with Crippen molar-refractivity contribution >= 4 is 29.0 Å². The maximum Gasteiger partial charge on any atom is 0.309 e. The molecule has 11 heteroatoms. The van der Waals surface area contributed by atoms with Gasteiger partial charge in [-0.2, -0.15) is 0 Å². The van der Waals surface area contributed by atoms with Crippen molar-refractivity contribution in [2.24, 2.45) is 0 Å². The minimum Gasteiger partial charge on any atom is -0.592 e. The van der Waals surface area contributed by atoms with Crippen molar-refractivity contribution < 1.29 is 43.1 Å². The number of esters is 2. The Balaban J connectivity index is 1.43. The van der Waals surface area contributed by atoms with Crippen LogP contribution in [-0.4, -0.2) is 80.4 Å². The predicted molar refractivity (Wildman–Crippen MR) is 146 cm³/mol. The molecule has 2 aliphatic rings. The van der Waals surface area contributed by atoms with Crippen molar-refractivity contribution in [1.82, 2.24) is 4.90 Å². The van der Waals surface area contributed by atoms with E-state index >= 15 is 0 Å². The van der Waals surface area contributed by atoms with Crippen molar-refractivity contribution in [3.8, 4) is 28.4 Å². The summed E-state index contributed by atoms with van der Waals surface area (Å²) in [7, 11) is 0. The quantitative estimate of drug-likeness (QED) is 0.184. The van der Waals surface area contributed by atoms with E-state index in [0.29, 0.717) is 60.9 Å². The Bertz CT molecular complexity index is 1180. The van der Waals surface area contributed by atoms with Gasteiger partial charge in [-0.1, -0.05) is 6.07 Å². The van der Waals surface area contributed by atoms with Crippen molar-refractivity contribution in [2.75, 3.05) is 52.9 Å². The number of hydrogen-bond acceptors (Lipinski definition) is 10. The number of ether oxygens (including phenoxy) is 6. The Hall–Kier alpha value is -3.28. The fraction of sp³-hybridized carbons (Fsp3) is 0.500. The smallest absolute Gasteiger partial charge is 0.309 e. The van der Waals surface area contributed by atoms with E-state index < -0.39 is 17.5 Å². The summed E-state index contributed by atoms with van der Waals surface area (Å²) in [5, 5.41) is 10.8. The van der Waals surface area contributed by atoms with Crippen molar-refractivity contribution in [3.63, 3.8) is 0 Å². The van der Waals surface area contributed by atoms with Crippen LogP contribution < -0.4 is 9.47 Å². The topological polar surface area (TPSA) is 116 Å². The second kappa shape index (κ2) is 13.2. The Morgan fingerprint density at radius 3 is 2.49 bits per heavy atom. The molecule has 1 fully saturated rings. The highest BCUT2D eigenvalue weighted by Crippen LogP contribution is 2.44. The van der Waals surface area contributed by atoms with Crippen molar-refractivity contribution in [3.05, 3.63) is 34.5 Å². The molecule has 0 radical (unpaired) electrons. The third-order valence-electron chi connectivity index (χ3n) is 5.89. The Morgan fingerprint density at radius 2 is 1.74 bits per heavy atom. The summed E-state index contributed by atoms with van der Waals surface area (Å²) in [5.74, 6) is 1.08. The minimum absolute atomic E-state index is 0.0729. The summed E-state index contributed by atoms with van der Waals surface area (Å²) < 4.78 is 33.1. The van der Waals surface area contributed by atoms with Crippen molar-refractivity contribution in [1.29, 1.82) is 0 Å². The SMILES string of the molecule is CC(C)(C)OC(=O)CCC(=O)OCO/C(=C/CN1CCOCC1)c1scc(-c2ccc3c(c2)OCCO3)c1[OH2+]. The fourth-order valence-corrected chi connectivity index (χ4v) is 4.98. The monoisotopic (exact) mass is 562 g/mol. The largest absolute Gasteiger partial charge is 0.592 e. The molecule has 1 aromatic heterocycles. The first-order valence-corrected chi connectivity index (χ1v) is 13.8. The molecule has 0 bridgehead atoms. The molecule has 0 saturated carbocycles. The van der Waals surface area contributed by atoms with Gasteiger partial charge in [0.25, 0.3) is 5.75 Å². The van der Waals surface area contributed by atoms with E-state index in [1.165, 1.54) is 11.3 Å². The van der Waals surface area contributed by atoms with Gasteiger partial charge in [0.1, 0.15) is 24.6 Å². The lowest BCUT2D eigenvalue weighted by atomic mass is 10.1. The molecule has 2 N–H and O–H groups in total. The van der Waals surface area contributed by atoms with Gasteiger partial charge in [-0.25, -0.2) is 0 Å². The summed E-state index contributed by atoms with van der Waals surface area (Å²) in [6, 6.07) is 5.63. The number of fused-ring (bicyclic) bond motifs is 1. The average Bonchev–Trinajstić information content (AvgIpc) is 3.29. The molecule has 10 nitrogen and oxygen atoms in total. The molecule has 0 aliphatic carbocycles. The fourth-order valence-electron chi connectivity index (χ4n) is 4.00. The molecule has 2 aliphatic heterocycles. The zero-order valence-corrected chi connectivity index (χ0v) is 23.4. The van der Waals surface area contributed by atoms with Crippen molar-refractivity contribution in [2.45, 2.75) is 39.2 Å². The molecule has 1 aromatic carbocycles. The number of carbonyl (C=O) groups excluding carboxylic acids is 2. The minimum atomic E-state index is -0.613. The van der Waals surface area contributed by atoms with Gasteiger partial charge in [-0.05, 0) is 44.5 Å². The van der Waals surface area contributed by atoms with Gasteiger partial charge in [0.05, 0.1) is 31.6 Å². The maximum absolute atomic E-state index is 12.2. The van der Waals surface area contributed by atoms with Gasteiger partial charge >= 0.3 is 11.9 Å². The molecule has 1 saturated heterocycles. The van der Waals surface area contributed by atoms with E-state index in [9.17, 15) is 9.59 Å². The number of rotatable bonds is 10. The lowest BCUT2D eigenvalue weighted by Gasteiger charge is -2.25. The third kappa shape index (κ3) is 8.35. The van der Waals surface area contributed by atoms with E-state index in [1.807, 2.05) is 29.7 Å². The third-order valence-corrected chi connectivity index (χ3v) is 6.89. The van der Waals surface area contributed by atoms with Gasteiger partial charge in [-0.15, -0.1) is 11.3 Å². The summed E-state index contributed by atoms with van der Waals surface area (Å²) in [6.45, 7) is 9.49. The average molecular weight is 563 g/mol. The maximum atomic E-state index is 12.2.